The Morgan fingerprint density at radius 2 is 1.82 bits per heavy atom. The van der Waals surface area contributed by atoms with Crippen LogP contribution in [0.2, 0.25) is 0 Å². The van der Waals surface area contributed by atoms with E-state index in [4.69, 9.17) is 14.2 Å². The molecule has 1 aliphatic carbocycles. The Hall–Kier alpha value is -2.31. The van der Waals surface area contributed by atoms with E-state index in [0.717, 1.165) is 0 Å². The van der Waals surface area contributed by atoms with Crippen molar-refractivity contribution in [2.45, 2.75) is 5.79 Å². The zero-order valence-corrected chi connectivity index (χ0v) is 12.6. The molecule has 1 aromatic carbocycles. The van der Waals surface area contributed by atoms with Crippen molar-refractivity contribution in [3.63, 3.8) is 0 Å². The summed E-state index contributed by atoms with van der Waals surface area (Å²) < 4.78 is 15.4. The molecule has 1 aliphatic rings. The van der Waals surface area contributed by atoms with Crippen LogP contribution < -0.4 is 4.74 Å². The number of aliphatic hydroxyl groups is 1. The topological polar surface area (TPSA) is 85.2 Å². The van der Waals surface area contributed by atoms with E-state index in [9.17, 15) is 15.0 Å². The number of Topliss-reactive ketones (excluding diaryl/α,β-unsaturated/α-hetero) is 1. The van der Waals surface area contributed by atoms with E-state index in [-0.39, 0.29) is 22.9 Å². The maximum Gasteiger partial charge on any atom is 0.211 e. The monoisotopic (exact) mass is 306 g/mol. The Morgan fingerprint density at radius 1 is 1.14 bits per heavy atom. The first-order valence-electron chi connectivity index (χ1n) is 6.58. The third-order valence-electron chi connectivity index (χ3n) is 3.52. The Kier molecular flexibility index (Phi) is 4.54. The molecule has 1 aromatic rings. The van der Waals surface area contributed by atoms with Gasteiger partial charge in [-0.05, 0) is 18.2 Å². The highest BCUT2D eigenvalue weighted by atomic mass is 16.7. The molecule has 1 atom stereocenters. The van der Waals surface area contributed by atoms with Gasteiger partial charge in [0.05, 0.1) is 13.0 Å². The van der Waals surface area contributed by atoms with Crippen molar-refractivity contribution in [1.82, 2.24) is 0 Å². The molecule has 2 rings (SSSR count). The Morgan fingerprint density at radius 3 is 2.36 bits per heavy atom. The first kappa shape index (κ1) is 16.1. The minimum absolute atomic E-state index is 0.0888. The van der Waals surface area contributed by atoms with Gasteiger partial charge in [-0.2, -0.15) is 0 Å². The van der Waals surface area contributed by atoms with E-state index in [1.807, 2.05) is 0 Å². The molecule has 0 saturated heterocycles. The summed E-state index contributed by atoms with van der Waals surface area (Å²) in [6.45, 7) is 0. The van der Waals surface area contributed by atoms with E-state index < -0.39 is 11.7 Å². The van der Waals surface area contributed by atoms with Crippen LogP contribution in [0.1, 0.15) is 10.4 Å². The number of ketones is 1. The summed E-state index contributed by atoms with van der Waals surface area (Å²) in [6, 6.07) is 4.21. The van der Waals surface area contributed by atoms with Gasteiger partial charge in [0.1, 0.15) is 17.3 Å². The van der Waals surface area contributed by atoms with Gasteiger partial charge in [-0.1, -0.05) is 6.08 Å². The number of carbonyl (C=O) groups excluding carboxylic acids is 1. The highest BCUT2D eigenvalue weighted by Crippen LogP contribution is 2.31. The number of carbonyl (C=O) groups is 1. The molecule has 0 aromatic heterocycles. The van der Waals surface area contributed by atoms with Crippen molar-refractivity contribution in [2.75, 3.05) is 21.3 Å². The van der Waals surface area contributed by atoms with E-state index in [2.05, 4.69) is 0 Å². The third kappa shape index (κ3) is 2.98. The second kappa shape index (κ2) is 6.21. The average Bonchev–Trinajstić information content (AvgIpc) is 2.53. The van der Waals surface area contributed by atoms with E-state index >= 15 is 0 Å². The summed E-state index contributed by atoms with van der Waals surface area (Å²) in [7, 11) is 4.30. The lowest BCUT2D eigenvalue weighted by Gasteiger charge is -2.29. The lowest BCUT2D eigenvalue weighted by molar-refractivity contribution is -0.136. The maximum absolute atomic E-state index is 12.5. The van der Waals surface area contributed by atoms with Gasteiger partial charge in [-0.3, -0.25) is 4.79 Å². The fourth-order valence-corrected chi connectivity index (χ4v) is 2.25. The molecule has 1 unspecified atom stereocenters. The van der Waals surface area contributed by atoms with Crippen LogP contribution in [0.25, 0.3) is 0 Å². The maximum atomic E-state index is 12.5. The van der Waals surface area contributed by atoms with Gasteiger partial charge in [0.15, 0.2) is 5.78 Å². The highest BCUT2D eigenvalue weighted by Gasteiger charge is 2.34. The lowest BCUT2D eigenvalue weighted by atomic mass is 9.90. The number of phenolic OH excluding ortho intramolecular Hbond substituents is 1. The first-order valence-corrected chi connectivity index (χ1v) is 6.58. The molecular weight excluding hydrogens is 288 g/mol. The molecule has 0 bridgehead atoms. The zero-order chi connectivity index (χ0) is 16.3. The van der Waals surface area contributed by atoms with E-state index in [0.29, 0.717) is 5.75 Å². The van der Waals surface area contributed by atoms with Gasteiger partial charge < -0.3 is 24.4 Å². The molecule has 0 radical (unpaired) electrons. The first-order chi connectivity index (χ1) is 10.4. The highest BCUT2D eigenvalue weighted by molar-refractivity contribution is 6.01. The van der Waals surface area contributed by atoms with Crippen molar-refractivity contribution in [3.8, 4) is 11.5 Å². The minimum Gasteiger partial charge on any atom is -0.511 e. The summed E-state index contributed by atoms with van der Waals surface area (Å²) in [6.07, 6.45) is 4.38. The largest absolute Gasteiger partial charge is 0.511 e. The number of ether oxygens (including phenoxy) is 3. The number of phenols is 1. The number of aliphatic hydroxyl groups excluding tert-OH is 1. The summed E-state index contributed by atoms with van der Waals surface area (Å²) in [4.78, 5) is 12.5. The van der Waals surface area contributed by atoms with Gasteiger partial charge in [0.25, 0.3) is 0 Å². The van der Waals surface area contributed by atoms with Crippen LogP contribution in [-0.2, 0) is 9.47 Å². The second-order valence-corrected chi connectivity index (χ2v) is 4.82. The summed E-state index contributed by atoms with van der Waals surface area (Å²) in [5.41, 5.74) is 0.230. The molecule has 118 valence electrons. The van der Waals surface area contributed by atoms with Gasteiger partial charge in [-0.15, -0.1) is 0 Å². The van der Waals surface area contributed by atoms with Crippen molar-refractivity contribution < 1.29 is 29.2 Å². The molecule has 22 heavy (non-hydrogen) atoms. The van der Waals surface area contributed by atoms with Gasteiger partial charge in [0.2, 0.25) is 5.79 Å². The number of methoxy groups -OCH3 is 3. The molecule has 0 heterocycles. The summed E-state index contributed by atoms with van der Waals surface area (Å²) >= 11 is 0. The van der Waals surface area contributed by atoms with Crippen LogP contribution in [0.5, 0.6) is 11.5 Å². The van der Waals surface area contributed by atoms with Crippen LogP contribution in [0.3, 0.4) is 0 Å². The van der Waals surface area contributed by atoms with Crippen LogP contribution in [-0.4, -0.2) is 43.1 Å². The molecular formula is C16H18O6. The second-order valence-electron chi connectivity index (χ2n) is 4.82. The Bertz CT molecular complexity index is 628. The SMILES string of the molecule is COc1cc(O)cc(C(=O)C2C=CC(OC)(OC)C=C2O)c1. The smallest absolute Gasteiger partial charge is 0.211 e. The number of benzene rings is 1. The number of rotatable bonds is 5. The summed E-state index contributed by atoms with van der Waals surface area (Å²) in [5, 5.41) is 19.8. The van der Waals surface area contributed by atoms with Crippen LogP contribution >= 0.6 is 0 Å². The molecule has 0 saturated carbocycles. The molecule has 0 fully saturated rings. The molecule has 0 aliphatic heterocycles. The van der Waals surface area contributed by atoms with Gasteiger partial charge in [0, 0.05) is 31.9 Å². The zero-order valence-electron chi connectivity index (χ0n) is 12.6. The fraction of sp³-hybridized carbons (Fsp3) is 0.312. The molecule has 0 spiro atoms. The fourth-order valence-electron chi connectivity index (χ4n) is 2.25. The van der Waals surface area contributed by atoms with E-state index in [1.165, 1.54) is 51.7 Å². The van der Waals surface area contributed by atoms with E-state index in [1.54, 1.807) is 6.08 Å². The van der Waals surface area contributed by atoms with Crippen molar-refractivity contribution >= 4 is 5.78 Å². The minimum atomic E-state index is -1.18. The standard InChI is InChI=1S/C16H18O6/c1-20-12-7-10(6-11(17)8-12)15(19)13-4-5-16(21-2,22-3)9-14(13)18/h4-9,13,17-18H,1-3H3. The van der Waals surface area contributed by atoms with Crippen LogP contribution in [0.15, 0.2) is 42.2 Å². The lowest BCUT2D eigenvalue weighted by Crippen LogP contribution is -2.33. The van der Waals surface area contributed by atoms with Gasteiger partial charge >= 0.3 is 0 Å². The quantitative estimate of drug-likeness (QED) is 0.493. The molecule has 0 amide bonds. The molecule has 2 N–H and O–H groups in total. The van der Waals surface area contributed by atoms with Crippen molar-refractivity contribution in [3.05, 3.63) is 47.7 Å². The number of hydrogen-bond acceptors (Lipinski definition) is 6. The predicted molar refractivity (Wildman–Crippen MR) is 79.1 cm³/mol. The Labute approximate surface area is 128 Å². The Balaban J connectivity index is 2.32. The third-order valence-corrected chi connectivity index (χ3v) is 3.52. The number of allylic oxidation sites excluding steroid dienone is 1. The van der Waals surface area contributed by atoms with Gasteiger partial charge in [-0.25, -0.2) is 0 Å². The molecule has 6 heteroatoms. The van der Waals surface area contributed by atoms with Crippen molar-refractivity contribution in [1.29, 1.82) is 0 Å². The van der Waals surface area contributed by atoms with Crippen LogP contribution in [0.4, 0.5) is 0 Å². The predicted octanol–water partition coefficient (Wildman–Crippen LogP) is 2.20. The summed E-state index contributed by atoms with van der Waals surface area (Å²) in [5.74, 6) is -2.34. The van der Waals surface area contributed by atoms with Crippen molar-refractivity contribution in [2.24, 2.45) is 5.92 Å². The normalized spacial score (nSPS) is 19.6. The average molecular weight is 306 g/mol. The molecule has 6 nitrogen and oxygen atoms in total. The number of hydrogen-bond donors (Lipinski definition) is 2. The number of aromatic hydroxyl groups is 1. The van der Waals surface area contributed by atoms with Crippen LogP contribution in [0, 0.1) is 5.92 Å².